The Labute approximate surface area is 79.6 Å². The molecule has 2 unspecified atom stereocenters. The van der Waals surface area contributed by atoms with Gasteiger partial charge >= 0.3 is 0 Å². The molecule has 2 rings (SSSR count). The van der Waals surface area contributed by atoms with E-state index in [1.807, 2.05) is 6.92 Å². The largest absolute Gasteiger partial charge is 0.492 e. The predicted octanol–water partition coefficient (Wildman–Crippen LogP) is 2.37. The summed E-state index contributed by atoms with van der Waals surface area (Å²) in [4.78, 5) is 0. The fourth-order valence-corrected chi connectivity index (χ4v) is 2.71. The molecular weight excluding hydrogens is 164 g/mol. The van der Waals surface area contributed by atoms with Crippen molar-refractivity contribution in [1.82, 2.24) is 0 Å². The van der Waals surface area contributed by atoms with Gasteiger partial charge in [0.2, 0.25) is 0 Å². The van der Waals surface area contributed by atoms with Gasteiger partial charge in [-0.3, -0.25) is 0 Å². The first-order chi connectivity index (χ1) is 6.08. The lowest BCUT2D eigenvalue weighted by Gasteiger charge is -2.51. The minimum absolute atomic E-state index is 0.0416. The van der Waals surface area contributed by atoms with Crippen molar-refractivity contribution in [3.05, 3.63) is 12.3 Å². The molecule has 1 saturated heterocycles. The highest BCUT2D eigenvalue weighted by atomic mass is 16.5. The van der Waals surface area contributed by atoms with E-state index in [4.69, 9.17) is 4.74 Å². The third kappa shape index (κ3) is 1.48. The second-order valence-electron chi connectivity index (χ2n) is 4.61. The van der Waals surface area contributed by atoms with Gasteiger partial charge in [0.25, 0.3) is 0 Å². The molecule has 1 spiro atoms. The van der Waals surface area contributed by atoms with Gasteiger partial charge in [-0.1, -0.05) is 13.5 Å². The van der Waals surface area contributed by atoms with Crippen LogP contribution < -0.4 is 0 Å². The molecule has 0 bridgehead atoms. The summed E-state index contributed by atoms with van der Waals surface area (Å²) in [5, 5.41) is 10.2. The van der Waals surface area contributed by atoms with Crippen LogP contribution in [0.4, 0.5) is 0 Å². The fraction of sp³-hybridized carbons (Fsp3) is 0.818. The second-order valence-corrected chi connectivity index (χ2v) is 4.61. The highest BCUT2D eigenvalue weighted by Crippen LogP contribution is 2.49. The van der Waals surface area contributed by atoms with Crippen LogP contribution in [0.2, 0.25) is 0 Å². The molecule has 2 nitrogen and oxygen atoms in total. The normalized spacial score (nSPS) is 44.3. The second kappa shape index (κ2) is 2.74. The molecule has 2 fully saturated rings. The number of hydrogen-bond donors (Lipinski definition) is 1. The summed E-state index contributed by atoms with van der Waals surface area (Å²) in [5.41, 5.74) is -0.515. The summed E-state index contributed by atoms with van der Waals surface area (Å²) in [5.74, 6) is 0.889. The highest BCUT2D eigenvalue weighted by Gasteiger charge is 2.50. The smallest absolute Gasteiger partial charge is 0.118 e. The summed E-state index contributed by atoms with van der Waals surface area (Å²) >= 11 is 0. The van der Waals surface area contributed by atoms with Crippen LogP contribution >= 0.6 is 0 Å². The van der Waals surface area contributed by atoms with Crippen LogP contribution in [-0.4, -0.2) is 16.3 Å². The summed E-state index contributed by atoms with van der Waals surface area (Å²) in [6.07, 6.45) is 5.70. The Balaban J connectivity index is 2.04. The van der Waals surface area contributed by atoms with Crippen molar-refractivity contribution in [2.24, 2.45) is 0 Å². The molecule has 2 heteroatoms. The molecule has 74 valence electrons. The summed E-state index contributed by atoms with van der Waals surface area (Å²) < 4.78 is 5.61. The Morgan fingerprint density at radius 1 is 1.54 bits per heavy atom. The van der Waals surface area contributed by atoms with Gasteiger partial charge in [0, 0.05) is 12.8 Å². The van der Waals surface area contributed by atoms with E-state index in [0.29, 0.717) is 0 Å². The van der Waals surface area contributed by atoms with Crippen molar-refractivity contribution in [2.45, 2.75) is 56.7 Å². The molecular formula is C11H18O2. The lowest BCUT2D eigenvalue weighted by molar-refractivity contribution is -0.164. The zero-order valence-corrected chi connectivity index (χ0v) is 8.31. The standard InChI is InChI=1S/C11H18O2/c1-3-10(12)5-4-6-11(8-10)7-9(2)13-11/h12H,2-8H2,1H3. The number of rotatable bonds is 1. The molecule has 0 aromatic rings. The zero-order chi connectivity index (χ0) is 9.53. The van der Waals surface area contributed by atoms with E-state index in [1.54, 1.807) is 0 Å². The molecule has 0 aromatic heterocycles. The Morgan fingerprint density at radius 2 is 2.23 bits per heavy atom. The van der Waals surface area contributed by atoms with Crippen LogP contribution in [0.25, 0.3) is 0 Å². The van der Waals surface area contributed by atoms with E-state index < -0.39 is 5.60 Å². The van der Waals surface area contributed by atoms with Crippen LogP contribution in [0.1, 0.15) is 45.4 Å². The number of hydrogen-bond acceptors (Lipinski definition) is 2. The Hall–Kier alpha value is -0.500. The third-order valence-electron chi connectivity index (χ3n) is 3.46. The van der Waals surface area contributed by atoms with Crippen LogP contribution in [0.5, 0.6) is 0 Å². The lowest BCUT2D eigenvalue weighted by Crippen LogP contribution is -2.51. The van der Waals surface area contributed by atoms with Crippen LogP contribution in [0, 0.1) is 0 Å². The van der Waals surface area contributed by atoms with Gasteiger partial charge in [-0.15, -0.1) is 0 Å². The number of aliphatic hydroxyl groups is 1. The van der Waals surface area contributed by atoms with E-state index in [1.165, 1.54) is 0 Å². The first-order valence-corrected chi connectivity index (χ1v) is 5.17. The Morgan fingerprint density at radius 3 is 2.77 bits per heavy atom. The van der Waals surface area contributed by atoms with Gasteiger partial charge in [0.05, 0.1) is 11.4 Å². The average Bonchev–Trinajstić information content (AvgIpc) is 2.02. The summed E-state index contributed by atoms with van der Waals surface area (Å²) in [6, 6.07) is 0. The van der Waals surface area contributed by atoms with Crippen molar-refractivity contribution in [3.8, 4) is 0 Å². The van der Waals surface area contributed by atoms with Crippen molar-refractivity contribution >= 4 is 0 Å². The van der Waals surface area contributed by atoms with Crippen LogP contribution in [-0.2, 0) is 4.74 Å². The molecule has 1 aliphatic heterocycles. The van der Waals surface area contributed by atoms with E-state index in [9.17, 15) is 5.11 Å². The topological polar surface area (TPSA) is 29.5 Å². The molecule has 2 aliphatic rings. The monoisotopic (exact) mass is 182 g/mol. The summed E-state index contributed by atoms with van der Waals surface area (Å²) in [6.45, 7) is 5.83. The Bertz CT molecular complexity index is 226. The van der Waals surface area contributed by atoms with Gasteiger partial charge < -0.3 is 9.84 Å². The van der Waals surface area contributed by atoms with Crippen molar-refractivity contribution in [1.29, 1.82) is 0 Å². The molecule has 0 amide bonds. The lowest BCUT2D eigenvalue weighted by atomic mass is 9.70. The molecule has 1 N–H and O–H groups in total. The quantitative estimate of drug-likeness (QED) is 0.674. The van der Waals surface area contributed by atoms with Gasteiger partial charge in [0.1, 0.15) is 5.60 Å². The molecule has 1 heterocycles. The van der Waals surface area contributed by atoms with E-state index in [0.717, 1.165) is 44.3 Å². The zero-order valence-electron chi connectivity index (χ0n) is 8.31. The SMILES string of the molecule is C=C1CC2(CCCC(O)(CC)C2)O1. The fourth-order valence-electron chi connectivity index (χ4n) is 2.71. The maximum absolute atomic E-state index is 10.2. The minimum Gasteiger partial charge on any atom is -0.492 e. The van der Waals surface area contributed by atoms with E-state index in [-0.39, 0.29) is 5.60 Å². The molecule has 0 radical (unpaired) electrons. The molecule has 1 saturated carbocycles. The number of ether oxygens (including phenoxy) is 1. The highest BCUT2D eigenvalue weighted by molar-refractivity contribution is 5.11. The van der Waals surface area contributed by atoms with E-state index in [2.05, 4.69) is 6.58 Å². The van der Waals surface area contributed by atoms with Crippen LogP contribution in [0.15, 0.2) is 12.3 Å². The van der Waals surface area contributed by atoms with Gasteiger partial charge in [-0.05, 0) is 25.7 Å². The first kappa shape index (κ1) is 9.07. The average molecular weight is 182 g/mol. The summed E-state index contributed by atoms with van der Waals surface area (Å²) in [7, 11) is 0. The maximum atomic E-state index is 10.2. The molecule has 2 atom stereocenters. The van der Waals surface area contributed by atoms with Crippen molar-refractivity contribution in [3.63, 3.8) is 0 Å². The van der Waals surface area contributed by atoms with Gasteiger partial charge in [-0.2, -0.15) is 0 Å². The Kier molecular flexibility index (Phi) is 1.91. The van der Waals surface area contributed by atoms with E-state index >= 15 is 0 Å². The van der Waals surface area contributed by atoms with Crippen molar-refractivity contribution < 1.29 is 9.84 Å². The molecule has 13 heavy (non-hydrogen) atoms. The molecule has 0 aromatic carbocycles. The molecule has 1 aliphatic carbocycles. The predicted molar refractivity (Wildman–Crippen MR) is 51.3 cm³/mol. The minimum atomic E-state index is -0.473. The maximum Gasteiger partial charge on any atom is 0.118 e. The third-order valence-corrected chi connectivity index (χ3v) is 3.46. The van der Waals surface area contributed by atoms with Gasteiger partial charge in [0.15, 0.2) is 0 Å². The van der Waals surface area contributed by atoms with Gasteiger partial charge in [-0.25, -0.2) is 0 Å². The van der Waals surface area contributed by atoms with Crippen LogP contribution in [0.3, 0.4) is 0 Å². The first-order valence-electron chi connectivity index (χ1n) is 5.17. The van der Waals surface area contributed by atoms with Crippen molar-refractivity contribution in [2.75, 3.05) is 0 Å².